The average molecular weight is 246 g/mol. The van der Waals surface area contributed by atoms with Crippen molar-refractivity contribution in [3.05, 3.63) is 22.3 Å². The maximum Gasteiger partial charge on any atom is 0.213 e. The normalized spacial score (nSPS) is 10.1. The minimum Gasteiger partial charge on any atom is -0.478 e. The summed E-state index contributed by atoms with van der Waals surface area (Å²) in [6.07, 6.45) is 1.72. The van der Waals surface area contributed by atoms with Crippen molar-refractivity contribution < 1.29 is 9.47 Å². The largest absolute Gasteiger partial charge is 0.478 e. The third kappa shape index (κ3) is 2.97. The number of ether oxygens (including phenoxy) is 2. The van der Waals surface area contributed by atoms with E-state index >= 15 is 0 Å². The highest BCUT2D eigenvalue weighted by molar-refractivity contribution is 9.10. The van der Waals surface area contributed by atoms with Crippen molar-refractivity contribution in [1.29, 1.82) is 0 Å². The SMILES string of the molecule is CCOc1cc(COC)c(Br)cn1. The number of hydrogen-bond donors (Lipinski definition) is 0. The smallest absolute Gasteiger partial charge is 0.213 e. The van der Waals surface area contributed by atoms with Crippen molar-refractivity contribution in [2.45, 2.75) is 13.5 Å². The quantitative estimate of drug-likeness (QED) is 0.817. The van der Waals surface area contributed by atoms with E-state index in [9.17, 15) is 0 Å². The second kappa shape index (κ2) is 5.19. The number of rotatable bonds is 4. The number of halogens is 1. The molecule has 0 saturated carbocycles. The third-order valence-corrected chi connectivity index (χ3v) is 2.22. The van der Waals surface area contributed by atoms with E-state index in [1.807, 2.05) is 13.0 Å². The Hall–Kier alpha value is -0.610. The first kappa shape index (κ1) is 10.5. The molecular weight excluding hydrogens is 234 g/mol. The highest BCUT2D eigenvalue weighted by Crippen LogP contribution is 2.20. The van der Waals surface area contributed by atoms with Crippen LogP contribution in [0.1, 0.15) is 12.5 Å². The first-order chi connectivity index (χ1) is 6.27. The van der Waals surface area contributed by atoms with Gasteiger partial charge in [-0.05, 0) is 28.4 Å². The molecule has 0 radical (unpaired) electrons. The minimum atomic E-state index is 0.559. The van der Waals surface area contributed by atoms with Crippen LogP contribution in [0.5, 0.6) is 5.88 Å². The van der Waals surface area contributed by atoms with Crippen molar-refractivity contribution >= 4 is 15.9 Å². The lowest BCUT2D eigenvalue weighted by atomic mass is 10.3. The molecule has 1 heterocycles. The summed E-state index contributed by atoms with van der Waals surface area (Å²) in [5.41, 5.74) is 1.04. The lowest BCUT2D eigenvalue weighted by Crippen LogP contribution is -1.97. The molecule has 3 nitrogen and oxygen atoms in total. The standard InChI is InChI=1S/C9H12BrNO2/c1-3-13-9-4-7(6-12-2)8(10)5-11-9/h4-5H,3,6H2,1-2H3. The van der Waals surface area contributed by atoms with Gasteiger partial charge in [0, 0.05) is 23.8 Å². The zero-order valence-electron chi connectivity index (χ0n) is 7.71. The second-order valence-corrected chi connectivity index (χ2v) is 3.33. The van der Waals surface area contributed by atoms with Crippen molar-refractivity contribution in [1.82, 2.24) is 4.98 Å². The first-order valence-electron chi connectivity index (χ1n) is 4.04. The maximum atomic E-state index is 5.26. The Bertz CT molecular complexity index is 278. The Balaban J connectivity index is 2.83. The van der Waals surface area contributed by atoms with Gasteiger partial charge in [0.1, 0.15) is 0 Å². The molecule has 1 aromatic heterocycles. The number of methoxy groups -OCH3 is 1. The Morgan fingerprint density at radius 2 is 2.31 bits per heavy atom. The van der Waals surface area contributed by atoms with Crippen LogP contribution >= 0.6 is 15.9 Å². The third-order valence-electron chi connectivity index (χ3n) is 1.50. The van der Waals surface area contributed by atoms with E-state index in [2.05, 4.69) is 20.9 Å². The summed E-state index contributed by atoms with van der Waals surface area (Å²) < 4.78 is 11.2. The summed E-state index contributed by atoms with van der Waals surface area (Å²) in [4.78, 5) is 4.09. The van der Waals surface area contributed by atoms with Gasteiger partial charge in [-0.25, -0.2) is 4.98 Å². The van der Waals surface area contributed by atoms with Gasteiger partial charge in [0.2, 0.25) is 5.88 Å². The van der Waals surface area contributed by atoms with Crippen LogP contribution in [0.3, 0.4) is 0 Å². The molecule has 0 atom stereocenters. The van der Waals surface area contributed by atoms with Gasteiger partial charge in [0.25, 0.3) is 0 Å². The van der Waals surface area contributed by atoms with Crippen molar-refractivity contribution in [2.24, 2.45) is 0 Å². The fourth-order valence-electron chi connectivity index (χ4n) is 0.951. The van der Waals surface area contributed by atoms with Crippen LogP contribution in [-0.4, -0.2) is 18.7 Å². The van der Waals surface area contributed by atoms with Crippen molar-refractivity contribution in [3.8, 4) is 5.88 Å². The summed E-state index contributed by atoms with van der Waals surface area (Å²) in [5, 5.41) is 0. The molecular formula is C9H12BrNO2. The van der Waals surface area contributed by atoms with Crippen molar-refractivity contribution in [3.63, 3.8) is 0 Å². The number of hydrogen-bond acceptors (Lipinski definition) is 3. The average Bonchev–Trinajstić information content (AvgIpc) is 2.12. The molecule has 1 aromatic rings. The Morgan fingerprint density at radius 1 is 1.54 bits per heavy atom. The van der Waals surface area contributed by atoms with E-state index in [0.717, 1.165) is 10.0 Å². The summed E-state index contributed by atoms with van der Waals surface area (Å²) in [7, 11) is 1.66. The van der Waals surface area contributed by atoms with Crippen LogP contribution in [-0.2, 0) is 11.3 Å². The number of aromatic nitrogens is 1. The molecule has 0 saturated heterocycles. The molecule has 0 aliphatic rings. The maximum absolute atomic E-state index is 5.26. The molecule has 0 spiro atoms. The van der Waals surface area contributed by atoms with E-state index in [0.29, 0.717) is 19.1 Å². The van der Waals surface area contributed by atoms with E-state index in [1.54, 1.807) is 13.3 Å². The van der Waals surface area contributed by atoms with Crippen LogP contribution in [0.25, 0.3) is 0 Å². The first-order valence-corrected chi connectivity index (χ1v) is 4.83. The van der Waals surface area contributed by atoms with Crippen molar-refractivity contribution in [2.75, 3.05) is 13.7 Å². The molecule has 13 heavy (non-hydrogen) atoms. The zero-order chi connectivity index (χ0) is 9.68. The van der Waals surface area contributed by atoms with Crippen LogP contribution in [0.4, 0.5) is 0 Å². The second-order valence-electron chi connectivity index (χ2n) is 2.48. The summed E-state index contributed by atoms with van der Waals surface area (Å²) >= 11 is 3.38. The minimum absolute atomic E-state index is 0.559. The molecule has 0 fully saturated rings. The van der Waals surface area contributed by atoms with Gasteiger partial charge in [-0.15, -0.1) is 0 Å². The molecule has 0 bridgehead atoms. The molecule has 0 unspecified atom stereocenters. The molecule has 4 heteroatoms. The molecule has 0 amide bonds. The van der Waals surface area contributed by atoms with Gasteiger partial charge >= 0.3 is 0 Å². The summed E-state index contributed by atoms with van der Waals surface area (Å²) in [6.45, 7) is 3.12. The fourth-order valence-corrected chi connectivity index (χ4v) is 1.28. The number of pyridine rings is 1. The molecule has 0 aliphatic heterocycles. The van der Waals surface area contributed by atoms with Gasteiger partial charge in [0.05, 0.1) is 13.2 Å². The Labute approximate surface area is 86.2 Å². The zero-order valence-corrected chi connectivity index (χ0v) is 9.30. The van der Waals surface area contributed by atoms with E-state index in [1.165, 1.54) is 0 Å². The predicted octanol–water partition coefficient (Wildman–Crippen LogP) is 2.39. The van der Waals surface area contributed by atoms with E-state index in [-0.39, 0.29) is 0 Å². The number of nitrogens with zero attached hydrogens (tertiary/aromatic N) is 1. The van der Waals surface area contributed by atoms with Gasteiger partial charge < -0.3 is 9.47 Å². The van der Waals surface area contributed by atoms with Gasteiger partial charge in [0.15, 0.2) is 0 Å². The lowest BCUT2D eigenvalue weighted by molar-refractivity contribution is 0.183. The lowest BCUT2D eigenvalue weighted by Gasteiger charge is -2.06. The fraction of sp³-hybridized carbons (Fsp3) is 0.444. The van der Waals surface area contributed by atoms with Gasteiger partial charge in [-0.2, -0.15) is 0 Å². The summed E-state index contributed by atoms with van der Waals surface area (Å²) in [5.74, 6) is 0.637. The highest BCUT2D eigenvalue weighted by Gasteiger charge is 2.02. The molecule has 0 aliphatic carbocycles. The Kier molecular flexibility index (Phi) is 4.18. The molecule has 1 rings (SSSR count). The molecule has 72 valence electrons. The topological polar surface area (TPSA) is 31.4 Å². The van der Waals surface area contributed by atoms with Crippen LogP contribution in [0.15, 0.2) is 16.7 Å². The van der Waals surface area contributed by atoms with Crippen LogP contribution in [0.2, 0.25) is 0 Å². The predicted molar refractivity (Wildman–Crippen MR) is 53.8 cm³/mol. The monoisotopic (exact) mass is 245 g/mol. The van der Waals surface area contributed by atoms with Crippen LogP contribution in [0, 0.1) is 0 Å². The van der Waals surface area contributed by atoms with Gasteiger partial charge in [-0.3, -0.25) is 0 Å². The van der Waals surface area contributed by atoms with Crippen LogP contribution < -0.4 is 4.74 Å². The van der Waals surface area contributed by atoms with E-state index in [4.69, 9.17) is 9.47 Å². The van der Waals surface area contributed by atoms with Gasteiger partial charge in [-0.1, -0.05) is 0 Å². The highest BCUT2D eigenvalue weighted by atomic mass is 79.9. The van der Waals surface area contributed by atoms with E-state index < -0.39 is 0 Å². The molecule has 0 aromatic carbocycles. The molecule has 0 N–H and O–H groups in total. The summed E-state index contributed by atoms with van der Waals surface area (Å²) in [6, 6.07) is 1.87. The Morgan fingerprint density at radius 3 is 2.92 bits per heavy atom.